The van der Waals surface area contributed by atoms with Crippen LogP contribution in [0.4, 0.5) is 5.69 Å². The van der Waals surface area contributed by atoms with Crippen LogP contribution in [0.15, 0.2) is 54.6 Å². The molecule has 0 saturated heterocycles. The summed E-state index contributed by atoms with van der Waals surface area (Å²) in [6.07, 6.45) is 3.02. The van der Waals surface area contributed by atoms with Crippen molar-refractivity contribution in [3.8, 4) is 5.69 Å². The summed E-state index contributed by atoms with van der Waals surface area (Å²) in [6.45, 7) is 14.1. The predicted octanol–water partition coefficient (Wildman–Crippen LogP) is 6.33. The maximum atomic E-state index is 14.4. The lowest BCUT2D eigenvalue weighted by molar-refractivity contribution is -0.00173. The third kappa shape index (κ3) is 7.77. The lowest BCUT2D eigenvalue weighted by Crippen LogP contribution is -2.44. The van der Waals surface area contributed by atoms with E-state index >= 15 is 0 Å². The summed E-state index contributed by atoms with van der Waals surface area (Å²) in [7, 11) is 0. The topological polar surface area (TPSA) is 126 Å². The lowest BCUT2D eigenvalue weighted by atomic mass is 9.97. The molecule has 2 aromatic carbocycles. The maximum absolute atomic E-state index is 14.4. The van der Waals surface area contributed by atoms with Crippen LogP contribution < -0.4 is 5.32 Å². The lowest BCUT2D eigenvalue weighted by Gasteiger charge is -2.34. The Bertz CT molecular complexity index is 1800. The second-order valence-electron chi connectivity index (χ2n) is 13.1. The Morgan fingerprint density at radius 1 is 0.959 bits per heavy atom. The Hall–Kier alpha value is -4.77. The fraction of sp³-hybridized carbons (Fsp3) is 0.447. The number of rotatable bonds is 13. The van der Waals surface area contributed by atoms with E-state index < -0.39 is 12.1 Å². The number of carbonyl (C=O) groups excluding carboxylic acids is 3. The second kappa shape index (κ2) is 15.6. The minimum atomic E-state index is -1.04. The number of benzene rings is 2. The van der Waals surface area contributed by atoms with Crippen molar-refractivity contribution in [3.63, 3.8) is 0 Å². The van der Waals surface area contributed by atoms with E-state index in [-0.39, 0.29) is 29.8 Å². The second-order valence-corrected chi connectivity index (χ2v) is 13.1. The Labute approximate surface area is 288 Å². The van der Waals surface area contributed by atoms with E-state index in [9.17, 15) is 19.5 Å². The Kier molecular flexibility index (Phi) is 11.3. The first kappa shape index (κ1) is 35.5. The molecule has 1 unspecified atom stereocenters. The van der Waals surface area contributed by atoms with Crippen molar-refractivity contribution < 1.29 is 19.5 Å². The van der Waals surface area contributed by atoms with Crippen LogP contribution in [0.5, 0.6) is 0 Å². The summed E-state index contributed by atoms with van der Waals surface area (Å²) in [6, 6.07) is 16.4. The van der Waals surface area contributed by atoms with Crippen LogP contribution >= 0.6 is 0 Å². The molecule has 3 amide bonds. The van der Waals surface area contributed by atoms with Gasteiger partial charge in [-0.05, 0) is 74.1 Å². The molecule has 0 saturated carbocycles. The Morgan fingerprint density at radius 2 is 1.65 bits per heavy atom. The smallest absolute Gasteiger partial charge is 0.274 e. The number of nitrogens with zero attached hydrogens (tertiary/aromatic N) is 6. The van der Waals surface area contributed by atoms with Gasteiger partial charge in [-0.1, -0.05) is 64.8 Å². The number of nitrogens with one attached hydrogen (secondary N) is 1. The van der Waals surface area contributed by atoms with E-state index in [1.165, 1.54) is 4.90 Å². The van der Waals surface area contributed by atoms with Crippen molar-refractivity contribution in [3.05, 3.63) is 94.1 Å². The van der Waals surface area contributed by atoms with Crippen molar-refractivity contribution >= 4 is 23.4 Å². The third-order valence-electron chi connectivity index (χ3n) is 9.07. The van der Waals surface area contributed by atoms with Gasteiger partial charge in [0, 0.05) is 44.0 Å². The molecule has 0 bridgehead atoms. The zero-order valence-corrected chi connectivity index (χ0v) is 29.6. The van der Waals surface area contributed by atoms with Crippen LogP contribution in [0, 0.1) is 6.92 Å². The first-order chi connectivity index (χ1) is 23.6. The molecule has 0 radical (unpaired) electrons. The van der Waals surface area contributed by atoms with E-state index in [0.29, 0.717) is 54.5 Å². The standard InChI is InChI=1S/C38H49N7O4/c1-7-10-18-42(19-11-8-2)38(49)32-20-26(6)45(41-32)33-17-16-29(39-36(47)34-23-31(25(4)5)40-44(34)9-3)22-30(33)37(48)43-24-28-15-13-12-14-27(28)21-35(43)46/h12-17,20,22-23,25,35,46H,7-11,18-19,21,24H2,1-6H3,(H,39,47). The van der Waals surface area contributed by atoms with Gasteiger partial charge in [0.25, 0.3) is 17.7 Å². The van der Waals surface area contributed by atoms with Crippen LogP contribution in [0.1, 0.15) is 120 Å². The van der Waals surface area contributed by atoms with Crippen molar-refractivity contribution in [2.24, 2.45) is 0 Å². The molecule has 11 nitrogen and oxygen atoms in total. The number of aliphatic hydroxyl groups excluding tert-OH is 1. The summed E-state index contributed by atoms with van der Waals surface area (Å²) in [4.78, 5) is 44.9. The predicted molar refractivity (Wildman–Crippen MR) is 190 cm³/mol. The van der Waals surface area contributed by atoms with E-state index in [4.69, 9.17) is 5.10 Å². The van der Waals surface area contributed by atoms with Gasteiger partial charge >= 0.3 is 0 Å². The van der Waals surface area contributed by atoms with Crippen molar-refractivity contribution in [1.82, 2.24) is 29.4 Å². The highest BCUT2D eigenvalue weighted by atomic mass is 16.3. The molecule has 0 fully saturated rings. The molecule has 4 aromatic rings. The zero-order valence-electron chi connectivity index (χ0n) is 29.6. The van der Waals surface area contributed by atoms with E-state index in [0.717, 1.165) is 42.5 Å². The van der Waals surface area contributed by atoms with E-state index in [1.54, 1.807) is 39.7 Å². The number of fused-ring (bicyclic) bond motifs is 1. The summed E-state index contributed by atoms with van der Waals surface area (Å²) in [5.74, 6) is -0.744. The minimum Gasteiger partial charge on any atom is -0.373 e. The van der Waals surface area contributed by atoms with Crippen LogP contribution in [-0.4, -0.2) is 71.5 Å². The number of hydrogen-bond donors (Lipinski definition) is 2. The van der Waals surface area contributed by atoms with E-state index in [1.807, 2.05) is 56.9 Å². The number of aromatic nitrogens is 4. The van der Waals surface area contributed by atoms with Crippen molar-refractivity contribution in [2.45, 2.75) is 98.9 Å². The summed E-state index contributed by atoms with van der Waals surface area (Å²) in [5.41, 5.74) is 5.28. The number of aryl methyl sites for hydroxylation is 2. The average molecular weight is 668 g/mol. The van der Waals surface area contributed by atoms with Gasteiger partial charge in [-0.3, -0.25) is 19.1 Å². The fourth-order valence-electron chi connectivity index (χ4n) is 6.17. The highest BCUT2D eigenvalue weighted by molar-refractivity contribution is 6.05. The van der Waals surface area contributed by atoms with Crippen LogP contribution in [-0.2, 0) is 19.5 Å². The zero-order chi connectivity index (χ0) is 35.2. The molecule has 2 aromatic heterocycles. The van der Waals surface area contributed by atoms with Crippen LogP contribution in [0.25, 0.3) is 5.69 Å². The SMILES string of the molecule is CCCCN(CCCC)C(=O)c1cc(C)n(-c2ccc(NC(=O)c3cc(C(C)C)nn3CC)cc2C(=O)N2Cc3ccccc3CC2O)n1. The van der Waals surface area contributed by atoms with Gasteiger partial charge in [-0.25, -0.2) is 4.68 Å². The summed E-state index contributed by atoms with van der Waals surface area (Å²) in [5, 5.41) is 23.4. The van der Waals surface area contributed by atoms with Gasteiger partial charge in [0.05, 0.1) is 16.9 Å². The van der Waals surface area contributed by atoms with Gasteiger partial charge in [-0.15, -0.1) is 0 Å². The number of hydrogen-bond acceptors (Lipinski definition) is 6. The molecule has 3 heterocycles. The number of amides is 3. The normalized spacial score (nSPS) is 14.2. The van der Waals surface area contributed by atoms with Crippen molar-refractivity contribution in [1.29, 1.82) is 0 Å². The van der Waals surface area contributed by atoms with E-state index in [2.05, 4.69) is 24.3 Å². The molecule has 49 heavy (non-hydrogen) atoms. The number of unbranched alkanes of at least 4 members (excludes halogenated alkanes) is 2. The molecule has 2 N–H and O–H groups in total. The molecule has 1 aliphatic heterocycles. The van der Waals surface area contributed by atoms with Gasteiger partial charge in [0.1, 0.15) is 11.9 Å². The van der Waals surface area contributed by atoms with Gasteiger partial charge in [0.15, 0.2) is 5.69 Å². The van der Waals surface area contributed by atoms with Crippen LogP contribution in [0.3, 0.4) is 0 Å². The third-order valence-corrected chi connectivity index (χ3v) is 9.07. The highest BCUT2D eigenvalue weighted by Crippen LogP contribution is 2.29. The first-order valence-corrected chi connectivity index (χ1v) is 17.5. The number of aliphatic hydroxyl groups is 1. The fourth-order valence-corrected chi connectivity index (χ4v) is 6.17. The van der Waals surface area contributed by atoms with Crippen LogP contribution in [0.2, 0.25) is 0 Å². The molecule has 11 heteroatoms. The Balaban J connectivity index is 1.53. The van der Waals surface area contributed by atoms with Gasteiger partial charge in [0.2, 0.25) is 0 Å². The quantitative estimate of drug-likeness (QED) is 0.172. The molecule has 5 rings (SSSR count). The van der Waals surface area contributed by atoms with Gasteiger partial charge < -0.3 is 20.2 Å². The highest BCUT2D eigenvalue weighted by Gasteiger charge is 2.31. The maximum Gasteiger partial charge on any atom is 0.274 e. The monoisotopic (exact) mass is 667 g/mol. The van der Waals surface area contributed by atoms with Gasteiger partial charge in [-0.2, -0.15) is 10.2 Å². The summed E-state index contributed by atoms with van der Waals surface area (Å²) < 4.78 is 3.28. The average Bonchev–Trinajstić information content (AvgIpc) is 3.71. The molecule has 0 spiro atoms. The number of anilines is 1. The molecule has 1 atom stereocenters. The molecular weight excluding hydrogens is 618 g/mol. The first-order valence-electron chi connectivity index (χ1n) is 17.5. The summed E-state index contributed by atoms with van der Waals surface area (Å²) >= 11 is 0. The molecular formula is C38H49N7O4. The Morgan fingerprint density at radius 3 is 2.31 bits per heavy atom. The largest absolute Gasteiger partial charge is 0.373 e. The number of carbonyl (C=O) groups is 3. The molecule has 0 aliphatic carbocycles. The van der Waals surface area contributed by atoms with Crippen molar-refractivity contribution in [2.75, 3.05) is 18.4 Å². The minimum absolute atomic E-state index is 0.142. The molecule has 260 valence electrons. The molecule has 1 aliphatic rings.